The Morgan fingerprint density at radius 2 is 1.55 bits per heavy atom. The highest BCUT2D eigenvalue weighted by atomic mass is 16.3. The largest absolute Gasteiger partial charge is 0.503 e. The van der Waals surface area contributed by atoms with Gasteiger partial charge in [0.2, 0.25) is 5.43 Å². The number of benzene rings is 1. The molecule has 4 rings (SSSR count). The highest BCUT2D eigenvalue weighted by Gasteiger charge is 2.27. The Hall–Kier alpha value is -2.10. The van der Waals surface area contributed by atoms with E-state index in [1.54, 1.807) is 0 Å². The Kier molecular flexibility index (Phi) is 2.31. The van der Waals surface area contributed by atoms with E-state index in [4.69, 9.17) is 0 Å². The second kappa shape index (κ2) is 3.95. The van der Waals surface area contributed by atoms with Crippen LogP contribution in [0.15, 0.2) is 21.7 Å². The maximum absolute atomic E-state index is 11.6. The van der Waals surface area contributed by atoms with Crippen LogP contribution in [-0.2, 0) is 12.8 Å². The fraction of sp³-hybridized carbons (Fsp3) is 0.375. The summed E-state index contributed by atoms with van der Waals surface area (Å²) in [6.45, 7) is 2.20. The third-order valence-corrected chi connectivity index (χ3v) is 4.51. The molecule has 0 aromatic heterocycles. The lowest BCUT2D eigenvalue weighted by molar-refractivity contribution is 0.465. The Labute approximate surface area is 116 Å². The lowest BCUT2D eigenvalue weighted by Crippen LogP contribution is -2.35. The molecule has 2 aromatic rings. The van der Waals surface area contributed by atoms with Crippen molar-refractivity contribution < 1.29 is 5.11 Å². The van der Waals surface area contributed by atoms with Gasteiger partial charge >= 0.3 is 0 Å². The topological polar surface area (TPSA) is 57.6 Å². The van der Waals surface area contributed by atoms with Crippen LogP contribution in [0.4, 0.5) is 5.69 Å². The molecule has 102 valence electrons. The lowest BCUT2D eigenvalue weighted by atomic mass is 9.87. The number of anilines is 1. The number of aryl methyl sites for hydroxylation is 2. The first kappa shape index (κ1) is 11.7. The van der Waals surface area contributed by atoms with Gasteiger partial charge in [0.25, 0.3) is 5.43 Å². The summed E-state index contributed by atoms with van der Waals surface area (Å²) >= 11 is 0. The second-order valence-electron chi connectivity index (χ2n) is 5.72. The summed E-state index contributed by atoms with van der Waals surface area (Å²) in [6.07, 6.45) is 4.24. The van der Waals surface area contributed by atoms with Crippen LogP contribution in [0.3, 0.4) is 0 Å². The molecule has 0 saturated carbocycles. The fourth-order valence-electron chi connectivity index (χ4n) is 3.60. The van der Waals surface area contributed by atoms with Gasteiger partial charge in [-0.1, -0.05) is 0 Å². The highest BCUT2D eigenvalue weighted by Crippen LogP contribution is 2.39. The number of nitrogens with zero attached hydrogens (tertiary/aromatic N) is 1. The zero-order valence-electron chi connectivity index (χ0n) is 11.1. The van der Waals surface area contributed by atoms with Crippen LogP contribution >= 0.6 is 0 Å². The van der Waals surface area contributed by atoms with Crippen LogP contribution in [0.1, 0.15) is 24.0 Å². The summed E-state index contributed by atoms with van der Waals surface area (Å²) in [6, 6.07) is 3.96. The number of hydrogen-bond donors (Lipinski definition) is 1. The van der Waals surface area contributed by atoms with Crippen molar-refractivity contribution >= 4 is 5.69 Å². The summed E-state index contributed by atoms with van der Waals surface area (Å²) in [5.41, 5.74) is 3.42. The third kappa shape index (κ3) is 1.42. The first-order chi connectivity index (χ1) is 9.66. The molecular formula is C16H15NO3. The molecule has 0 saturated heterocycles. The molecule has 2 aromatic carbocycles. The van der Waals surface area contributed by atoms with Crippen molar-refractivity contribution in [3.8, 4) is 16.9 Å². The second-order valence-corrected chi connectivity index (χ2v) is 5.72. The van der Waals surface area contributed by atoms with E-state index >= 15 is 0 Å². The van der Waals surface area contributed by atoms with Crippen molar-refractivity contribution in [3.63, 3.8) is 0 Å². The molecule has 0 atom stereocenters. The Morgan fingerprint density at radius 1 is 0.950 bits per heavy atom. The summed E-state index contributed by atoms with van der Waals surface area (Å²) in [5.74, 6) is -0.370. The zero-order valence-corrected chi connectivity index (χ0v) is 11.1. The van der Waals surface area contributed by atoms with Gasteiger partial charge in [0, 0.05) is 18.8 Å². The molecule has 0 spiro atoms. The van der Waals surface area contributed by atoms with Crippen molar-refractivity contribution in [1.29, 1.82) is 0 Å². The standard InChI is InChI=1S/C16H15NO3/c18-14-12(15(19)16(14)20)11-7-9-3-1-5-17-6-2-4-10(8-11)13(9)17/h7-8,18H,1-6H2. The van der Waals surface area contributed by atoms with Crippen LogP contribution < -0.4 is 15.8 Å². The quantitative estimate of drug-likeness (QED) is 0.794. The van der Waals surface area contributed by atoms with Gasteiger partial charge in [-0.3, -0.25) is 9.59 Å². The summed E-state index contributed by atoms with van der Waals surface area (Å²) < 4.78 is 0. The van der Waals surface area contributed by atoms with Crippen molar-refractivity contribution in [2.45, 2.75) is 25.7 Å². The number of rotatable bonds is 1. The molecule has 2 aliphatic rings. The van der Waals surface area contributed by atoms with Gasteiger partial charge in [-0.15, -0.1) is 0 Å². The zero-order chi connectivity index (χ0) is 13.9. The molecule has 2 aliphatic heterocycles. The van der Waals surface area contributed by atoms with Crippen molar-refractivity contribution in [2.24, 2.45) is 0 Å². The summed E-state index contributed by atoms with van der Waals surface area (Å²) in [4.78, 5) is 25.2. The monoisotopic (exact) mass is 269 g/mol. The molecule has 1 N–H and O–H groups in total. The predicted octanol–water partition coefficient (Wildman–Crippen LogP) is 1.35. The van der Waals surface area contributed by atoms with Crippen molar-refractivity contribution in [1.82, 2.24) is 0 Å². The van der Waals surface area contributed by atoms with E-state index in [1.165, 1.54) is 16.8 Å². The summed E-state index contributed by atoms with van der Waals surface area (Å²) in [7, 11) is 0. The normalized spacial score (nSPS) is 17.3. The Morgan fingerprint density at radius 3 is 2.10 bits per heavy atom. The minimum absolute atomic E-state index is 0.205. The molecule has 0 radical (unpaired) electrons. The molecule has 20 heavy (non-hydrogen) atoms. The minimum atomic E-state index is -0.756. The molecule has 2 heterocycles. The number of aromatic hydroxyl groups is 1. The van der Waals surface area contributed by atoms with E-state index in [-0.39, 0.29) is 11.3 Å². The molecule has 0 unspecified atom stereocenters. The summed E-state index contributed by atoms with van der Waals surface area (Å²) in [5, 5.41) is 9.63. The Bertz CT molecular complexity index is 752. The van der Waals surface area contributed by atoms with E-state index < -0.39 is 10.9 Å². The van der Waals surface area contributed by atoms with Gasteiger partial charge in [-0.25, -0.2) is 0 Å². The third-order valence-electron chi connectivity index (χ3n) is 4.51. The molecule has 0 aliphatic carbocycles. The van der Waals surface area contributed by atoms with Gasteiger partial charge in [-0.05, 0) is 54.5 Å². The molecule has 0 bridgehead atoms. The molecular weight excluding hydrogens is 254 g/mol. The number of hydrogen-bond acceptors (Lipinski definition) is 4. The van der Waals surface area contributed by atoms with E-state index in [0.717, 1.165) is 38.8 Å². The van der Waals surface area contributed by atoms with Crippen LogP contribution in [0, 0.1) is 0 Å². The van der Waals surface area contributed by atoms with Crippen LogP contribution in [0.2, 0.25) is 0 Å². The van der Waals surface area contributed by atoms with Gasteiger partial charge < -0.3 is 10.0 Å². The highest BCUT2D eigenvalue weighted by molar-refractivity contribution is 5.78. The van der Waals surface area contributed by atoms with Crippen LogP contribution in [0.25, 0.3) is 11.1 Å². The van der Waals surface area contributed by atoms with Crippen molar-refractivity contribution in [3.05, 3.63) is 43.7 Å². The lowest BCUT2D eigenvalue weighted by Gasteiger charge is -2.37. The molecule has 4 heteroatoms. The average molecular weight is 269 g/mol. The maximum atomic E-state index is 11.6. The van der Waals surface area contributed by atoms with E-state index in [2.05, 4.69) is 4.90 Å². The minimum Gasteiger partial charge on any atom is -0.503 e. The maximum Gasteiger partial charge on any atom is 0.268 e. The van der Waals surface area contributed by atoms with Gasteiger partial charge in [0.1, 0.15) is 0 Å². The van der Waals surface area contributed by atoms with E-state index in [1.807, 2.05) is 12.1 Å². The Balaban J connectivity index is 1.92. The smallest absolute Gasteiger partial charge is 0.268 e. The molecule has 0 fully saturated rings. The predicted molar refractivity (Wildman–Crippen MR) is 77.3 cm³/mol. The fourth-order valence-corrected chi connectivity index (χ4v) is 3.60. The van der Waals surface area contributed by atoms with Gasteiger partial charge in [0.15, 0.2) is 5.75 Å². The first-order valence-corrected chi connectivity index (χ1v) is 7.10. The molecule has 0 amide bonds. The van der Waals surface area contributed by atoms with Gasteiger partial charge in [-0.2, -0.15) is 0 Å². The van der Waals surface area contributed by atoms with Crippen molar-refractivity contribution in [2.75, 3.05) is 18.0 Å². The van der Waals surface area contributed by atoms with Gasteiger partial charge in [0.05, 0.1) is 5.56 Å². The van der Waals surface area contributed by atoms with E-state index in [9.17, 15) is 14.7 Å². The first-order valence-electron chi connectivity index (χ1n) is 7.10. The SMILES string of the molecule is O=c1c(O)c(-c2cc3c4c(c2)CCCN4CCC3)c1=O. The molecule has 4 nitrogen and oxygen atoms in total. The van der Waals surface area contributed by atoms with Crippen LogP contribution in [-0.4, -0.2) is 18.2 Å². The van der Waals surface area contributed by atoms with Crippen LogP contribution in [0.5, 0.6) is 5.75 Å². The average Bonchev–Trinajstić information content (AvgIpc) is 2.47. The van der Waals surface area contributed by atoms with E-state index in [0.29, 0.717) is 5.56 Å².